The highest BCUT2D eigenvalue weighted by atomic mass is 35.5. The Hall–Kier alpha value is -3.05. The van der Waals surface area contributed by atoms with Crippen LogP contribution in [0.25, 0.3) is 11.1 Å². The molecule has 1 aliphatic heterocycles. The van der Waals surface area contributed by atoms with E-state index in [1.54, 1.807) is 19.5 Å². The summed E-state index contributed by atoms with van der Waals surface area (Å²) in [5.41, 5.74) is 3.94. The van der Waals surface area contributed by atoms with E-state index in [0.29, 0.717) is 24.4 Å². The van der Waals surface area contributed by atoms with Crippen LogP contribution in [0.1, 0.15) is 11.1 Å². The van der Waals surface area contributed by atoms with Crippen LogP contribution in [0.4, 0.5) is 0 Å². The lowest BCUT2D eigenvalue weighted by atomic mass is 10.0. The van der Waals surface area contributed by atoms with Gasteiger partial charge in [0.1, 0.15) is 17.6 Å². The molecule has 2 aromatic carbocycles. The highest BCUT2D eigenvalue weighted by Gasteiger charge is 2.27. The standard InChI is InChI=1S/C23H21ClN2O3/c1-28-19-4-2-15(3-5-19)10-22(27)26-14-20-12-17-11-18(24)13-21(23(17)29-20)16-6-8-25-9-7-16/h2-9,11,13,20H,10,12,14H2,1H3,(H,26,27)/t20-/m1/s1. The van der Waals surface area contributed by atoms with Gasteiger partial charge in [-0.25, -0.2) is 0 Å². The fourth-order valence-corrected chi connectivity index (χ4v) is 3.71. The van der Waals surface area contributed by atoms with E-state index in [1.165, 1.54) is 0 Å². The molecule has 5 nitrogen and oxygen atoms in total. The summed E-state index contributed by atoms with van der Waals surface area (Å²) in [5.74, 6) is 1.56. The molecule has 0 fully saturated rings. The van der Waals surface area contributed by atoms with Crippen molar-refractivity contribution in [3.63, 3.8) is 0 Å². The van der Waals surface area contributed by atoms with Gasteiger partial charge in [-0.3, -0.25) is 9.78 Å². The van der Waals surface area contributed by atoms with Gasteiger partial charge in [0, 0.05) is 35.0 Å². The Labute approximate surface area is 174 Å². The minimum atomic E-state index is -0.121. The van der Waals surface area contributed by atoms with Gasteiger partial charge < -0.3 is 14.8 Å². The van der Waals surface area contributed by atoms with Crippen LogP contribution >= 0.6 is 11.6 Å². The molecule has 1 atom stereocenters. The number of rotatable bonds is 6. The molecule has 0 saturated heterocycles. The van der Waals surface area contributed by atoms with Crippen LogP contribution < -0.4 is 14.8 Å². The van der Waals surface area contributed by atoms with Gasteiger partial charge in [0.05, 0.1) is 20.1 Å². The monoisotopic (exact) mass is 408 g/mol. The van der Waals surface area contributed by atoms with E-state index in [9.17, 15) is 4.79 Å². The van der Waals surface area contributed by atoms with E-state index in [0.717, 1.165) is 33.8 Å². The van der Waals surface area contributed by atoms with Crippen molar-refractivity contribution in [2.75, 3.05) is 13.7 Å². The summed E-state index contributed by atoms with van der Waals surface area (Å²) in [5, 5.41) is 3.64. The van der Waals surface area contributed by atoms with E-state index in [-0.39, 0.29) is 12.0 Å². The fourth-order valence-electron chi connectivity index (χ4n) is 3.47. The molecule has 1 N–H and O–H groups in total. The summed E-state index contributed by atoms with van der Waals surface area (Å²) in [6, 6.07) is 15.2. The first-order valence-corrected chi connectivity index (χ1v) is 9.79. The van der Waals surface area contributed by atoms with Crippen molar-refractivity contribution in [2.24, 2.45) is 0 Å². The predicted molar refractivity (Wildman–Crippen MR) is 113 cm³/mol. The molecule has 0 bridgehead atoms. The highest BCUT2D eigenvalue weighted by Crippen LogP contribution is 2.40. The molecule has 3 aromatic rings. The molecular weight excluding hydrogens is 388 g/mol. The van der Waals surface area contributed by atoms with Crippen molar-refractivity contribution >= 4 is 17.5 Å². The molecule has 0 unspecified atom stereocenters. The summed E-state index contributed by atoms with van der Waals surface area (Å²) in [6.45, 7) is 0.442. The molecule has 1 aromatic heterocycles. The number of carbonyl (C=O) groups is 1. The average molecular weight is 409 g/mol. The lowest BCUT2D eigenvalue weighted by Crippen LogP contribution is -2.35. The first-order valence-electron chi connectivity index (χ1n) is 9.41. The Morgan fingerprint density at radius 3 is 2.69 bits per heavy atom. The number of hydrogen-bond donors (Lipinski definition) is 1. The van der Waals surface area contributed by atoms with Crippen LogP contribution in [0.2, 0.25) is 5.02 Å². The van der Waals surface area contributed by atoms with Gasteiger partial charge in [0.2, 0.25) is 5.91 Å². The quantitative estimate of drug-likeness (QED) is 0.667. The third-order valence-corrected chi connectivity index (χ3v) is 5.12. The maximum atomic E-state index is 12.3. The second kappa shape index (κ2) is 8.53. The second-order valence-electron chi connectivity index (χ2n) is 6.95. The lowest BCUT2D eigenvalue weighted by molar-refractivity contribution is -0.120. The molecule has 0 saturated carbocycles. The minimum absolute atomic E-state index is 0.0397. The first kappa shape index (κ1) is 19.3. The smallest absolute Gasteiger partial charge is 0.224 e. The van der Waals surface area contributed by atoms with Gasteiger partial charge in [-0.1, -0.05) is 23.7 Å². The van der Waals surface area contributed by atoms with Crippen LogP contribution in [0.3, 0.4) is 0 Å². The van der Waals surface area contributed by atoms with Crippen LogP contribution in [-0.4, -0.2) is 30.6 Å². The number of ether oxygens (including phenoxy) is 2. The first-order chi connectivity index (χ1) is 14.1. The third kappa shape index (κ3) is 4.51. The SMILES string of the molecule is COc1ccc(CC(=O)NC[C@H]2Cc3cc(Cl)cc(-c4ccncc4)c3O2)cc1. The van der Waals surface area contributed by atoms with Crippen LogP contribution in [0, 0.1) is 0 Å². The molecule has 0 spiro atoms. The lowest BCUT2D eigenvalue weighted by Gasteiger charge is -2.14. The number of fused-ring (bicyclic) bond motifs is 1. The molecule has 0 radical (unpaired) electrons. The van der Waals surface area contributed by atoms with E-state index in [2.05, 4.69) is 10.3 Å². The van der Waals surface area contributed by atoms with Crippen molar-refractivity contribution in [3.05, 3.63) is 77.1 Å². The highest BCUT2D eigenvalue weighted by molar-refractivity contribution is 6.31. The van der Waals surface area contributed by atoms with Gasteiger partial charge in [0.25, 0.3) is 0 Å². The number of nitrogens with zero attached hydrogens (tertiary/aromatic N) is 1. The topological polar surface area (TPSA) is 60.5 Å². The summed E-state index contributed by atoms with van der Waals surface area (Å²) < 4.78 is 11.3. The number of benzene rings is 2. The third-order valence-electron chi connectivity index (χ3n) is 4.90. The average Bonchev–Trinajstić information content (AvgIpc) is 3.15. The van der Waals surface area contributed by atoms with Gasteiger partial charge in [-0.15, -0.1) is 0 Å². The van der Waals surface area contributed by atoms with Crippen molar-refractivity contribution in [1.82, 2.24) is 10.3 Å². The van der Waals surface area contributed by atoms with Crippen molar-refractivity contribution in [3.8, 4) is 22.6 Å². The number of nitrogens with one attached hydrogen (secondary N) is 1. The predicted octanol–water partition coefficient (Wildman–Crippen LogP) is 4.07. The van der Waals surface area contributed by atoms with Gasteiger partial charge in [0.15, 0.2) is 0 Å². The van der Waals surface area contributed by atoms with Crippen LogP contribution in [-0.2, 0) is 17.6 Å². The van der Waals surface area contributed by atoms with E-state index >= 15 is 0 Å². The molecule has 2 heterocycles. The van der Waals surface area contributed by atoms with Crippen molar-refractivity contribution in [1.29, 1.82) is 0 Å². The zero-order valence-corrected chi connectivity index (χ0v) is 16.8. The number of halogens is 1. The molecule has 148 valence electrons. The number of aromatic nitrogens is 1. The Morgan fingerprint density at radius 2 is 1.97 bits per heavy atom. The van der Waals surface area contributed by atoms with Crippen molar-refractivity contribution in [2.45, 2.75) is 18.9 Å². The van der Waals surface area contributed by atoms with Gasteiger partial charge >= 0.3 is 0 Å². The number of carbonyl (C=O) groups excluding carboxylic acids is 1. The Morgan fingerprint density at radius 1 is 1.21 bits per heavy atom. The van der Waals surface area contributed by atoms with Crippen molar-refractivity contribution < 1.29 is 14.3 Å². The van der Waals surface area contributed by atoms with Gasteiger partial charge in [-0.05, 0) is 47.5 Å². The largest absolute Gasteiger partial charge is 0.497 e. The fraction of sp³-hybridized carbons (Fsp3) is 0.217. The van der Waals surface area contributed by atoms with Crippen LogP contribution in [0.5, 0.6) is 11.5 Å². The Kier molecular flexibility index (Phi) is 5.67. The van der Waals surface area contributed by atoms with E-state index in [1.807, 2.05) is 48.5 Å². The zero-order valence-electron chi connectivity index (χ0n) is 16.0. The van der Waals surface area contributed by atoms with E-state index in [4.69, 9.17) is 21.1 Å². The number of methoxy groups -OCH3 is 1. The second-order valence-corrected chi connectivity index (χ2v) is 7.39. The summed E-state index contributed by atoms with van der Waals surface area (Å²) in [7, 11) is 1.62. The zero-order chi connectivity index (χ0) is 20.2. The maximum Gasteiger partial charge on any atom is 0.224 e. The summed E-state index contributed by atoms with van der Waals surface area (Å²) in [4.78, 5) is 16.4. The number of hydrogen-bond acceptors (Lipinski definition) is 4. The molecule has 1 amide bonds. The van der Waals surface area contributed by atoms with Gasteiger partial charge in [-0.2, -0.15) is 0 Å². The summed E-state index contributed by atoms with van der Waals surface area (Å²) in [6.07, 6.45) is 4.39. The number of pyridine rings is 1. The molecular formula is C23H21ClN2O3. The summed E-state index contributed by atoms with van der Waals surface area (Å²) >= 11 is 6.32. The minimum Gasteiger partial charge on any atom is -0.497 e. The molecule has 4 rings (SSSR count). The molecule has 29 heavy (non-hydrogen) atoms. The number of amides is 1. The van der Waals surface area contributed by atoms with E-state index < -0.39 is 0 Å². The molecule has 0 aliphatic carbocycles. The normalized spacial score (nSPS) is 14.8. The molecule has 6 heteroatoms. The maximum absolute atomic E-state index is 12.3. The Bertz CT molecular complexity index is 1010. The molecule has 1 aliphatic rings. The Balaban J connectivity index is 1.39. The van der Waals surface area contributed by atoms with Crippen LogP contribution in [0.15, 0.2) is 60.9 Å².